The Morgan fingerprint density at radius 3 is 2.38 bits per heavy atom. The first kappa shape index (κ1) is 22.4. The van der Waals surface area contributed by atoms with Crippen molar-refractivity contribution < 1.29 is 19.1 Å². The van der Waals surface area contributed by atoms with Crippen LogP contribution in [0, 0.1) is 5.92 Å². The Morgan fingerprint density at radius 2 is 1.76 bits per heavy atom. The first-order chi connectivity index (χ1) is 13.8. The van der Waals surface area contributed by atoms with Gasteiger partial charge in [0, 0.05) is 6.20 Å². The number of esters is 1. The van der Waals surface area contributed by atoms with E-state index in [0.717, 1.165) is 5.56 Å². The third kappa shape index (κ3) is 6.87. The molecule has 2 N–H and O–H groups in total. The summed E-state index contributed by atoms with van der Waals surface area (Å²) in [6.45, 7) is 5.02. The van der Waals surface area contributed by atoms with E-state index in [2.05, 4.69) is 15.6 Å². The SMILES string of the molecule is CC(C)[C@H](NC(=O)Cc1ccccc1)C(=O)O[C@@H](C)C(=O)Nc1cccnc1Cl. The van der Waals surface area contributed by atoms with Crippen LogP contribution in [-0.2, 0) is 25.5 Å². The summed E-state index contributed by atoms with van der Waals surface area (Å²) < 4.78 is 5.27. The van der Waals surface area contributed by atoms with Crippen molar-refractivity contribution in [1.82, 2.24) is 10.3 Å². The van der Waals surface area contributed by atoms with Crippen LogP contribution in [0.3, 0.4) is 0 Å². The van der Waals surface area contributed by atoms with Gasteiger partial charge in [-0.1, -0.05) is 55.8 Å². The molecule has 0 unspecified atom stereocenters. The second kappa shape index (κ2) is 10.6. The van der Waals surface area contributed by atoms with Crippen LogP contribution in [0.5, 0.6) is 0 Å². The van der Waals surface area contributed by atoms with Crippen molar-refractivity contribution in [3.05, 3.63) is 59.4 Å². The average Bonchev–Trinajstić information content (AvgIpc) is 2.68. The van der Waals surface area contributed by atoms with E-state index in [1.54, 1.807) is 26.0 Å². The second-order valence-electron chi connectivity index (χ2n) is 6.86. The number of carbonyl (C=O) groups is 3. The lowest BCUT2D eigenvalue weighted by Crippen LogP contribution is -2.47. The minimum Gasteiger partial charge on any atom is -0.451 e. The number of ether oxygens (including phenoxy) is 1. The maximum Gasteiger partial charge on any atom is 0.329 e. The predicted octanol–water partition coefficient (Wildman–Crippen LogP) is 2.99. The number of halogens is 1. The number of nitrogens with zero attached hydrogens (tertiary/aromatic N) is 1. The number of amides is 2. The van der Waals surface area contributed by atoms with Crippen molar-refractivity contribution in [2.24, 2.45) is 5.92 Å². The van der Waals surface area contributed by atoms with Crippen LogP contribution in [0.25, 0.3) is 0 Å². The molecule has 0 aliphatic heterocycles. The molecule has 0 aliphatic carbocycles. The molecule has 0 bridgehead atoms. The van der Waals surface area contributed by atoms with Crippen molar-refractivity contribution in [3.63, 3.8) is 0 Å². The van der Waals surface area contributed by atoms with Crippen LogP contribution in [-0.4, -0.2) is 34.9 Å². The minimum absolute atomic E-state index is 0.132. The summed E-state index contributed by atoms with van der Waals surface area (Å²) in [5.41, 5.74) is 1.15. The number of hydrogen-bond donors (Lipinski definition) is 2. The molecule has 0 spiro atoms. The number of benzene rings is 1. The first-order valence-electron chi connectivity index (χ1n) is 9.23. The molecule has 8 heteroatoms. The van der Waals surface area contributed by atoms with Crippen molar-refractivity contribution in [2.75, 3.05) is 5.32 Å². The summed E-state index contributed by atoms with van der Waals surface area (Å²) >= 11 is 5.91. The molecule has 1 aromatic heterocycles. The summed E-state index contributed by atoms with van der Waals surface area (Å²) in [6.07, 6.45) is 0.561. The molecule has 2 atom stereocenters. The largest absolute Gasteiger partial charge is 0.451 e. The number of hydrogen-bond acceptors (Lipinski definition) is 5. The lowest BCUT2D eigenvalue weighted by Gasteiger charge is -2.23. The number of anilines is 1. The third-order valence-electron chi connectivity index (χ3n) is 4.12. The van der Waals surface area contributed by atoms with E-state index in [0.29, 0.717) is 5.69 Å². The van der Waals surface area contributed by atoms with Crippen molar-refractivity contribution in [3.8, 4) is 0 Å². The van der Waals surface area contributed by atoms with E-state index in [1.807, 2.05) is 30.3 Å². The monoisotopic (exact) mass is 417 g/mol. The van der Waals surface area contributed by atoms with Gasteiger partial charge in [0.1, 0.15) is 6.04 Å². The predicted molar refractivity (Wildman–Crippen MR) is 110 cm³/mol. The van der Waals surface area contributed by atoms with Gasteiger partial charge in [-0.25, -0.2) is 9.78 Å². The molecule has 0 aliphatic rings. The molecule has 2 rings (SSSR count). The summed E-state index contributed by atoms with van der Waals surface area (Å²) in [5.74, 6) is -1.75. The molecular formula is C21H24ClN3O4. The molecule has 2 aromatic rings. The normalized spacial score (nSPS) is 12.7. The van der Waals surface area contributed by atoms with Gasteiger partial charge in [-0.05, 0) is 30.5 Å². The fraction of sp³-hybridized carbons (Fsp3) is 0.333. The quantitative estimate of drug-likeness (QED) is 0.508. The lowest BCUT2D eigenvalue weighted by atomic mass is 10.0. The molecule has 0 saturated heterocycles. The van der Waals surface area contributed by atoms with Gasteiger partial charge in [0.05, 0.1) is 12.1 Å². The highest BCUT2D eigenvalue weighted by Gasteiger charge is 2.29. The average molecular weight is 418 g/mol. The Hall–Kier alpha value is -2.93. The lowest BCUT2D eigenvalue weighted by molar-refractivity contribution is -0.157. The zero-order valence-corrected chi connectivity index (χ0v) is 17.3. The standard InChI is InChI=1S/C21H24ClN3O4/c1-13(2)18(25-17(26)12-15-8-5-4-6-9-15)21(28)29-14(3)20(27)24-16-10-7-11-23-19(16)22/h4-11,13-14,18H,12H2,1-3H3,(H,24,27)(H,25,26)/t14-,18-/m0/s1. The van der Waals surface area contributed by atoms with Gasteiger partial charge < -0.3 is 15.4 Å². The highest BCUT2D eigenvalue weighted by Crippen LogP contribution is 2.18. The van der Waals surface area contributed by atoms with E-state index >= 15 is 0 Å². The van der Waals surface area contributed by atoms with Crippen LogP contribution >= 0.6 is 11.6 Å². The van der Waals surface area contributed by atoms with Gasteiger partial charge in [0.15, 0.2) is 11.3 Å². The van der Waals surface area contributed by atoms with Gasteiger partial charge in [0.2, 0.25) is 5.91 Å². The van der Waals surface area contributed by atoms with Gasteiger partial charge >= 0.3 is 5.97 Å². The fourth-order valence-electron chi connectivity index (χ4n) is 2.52. The van der Waals surface area contributed by atoms with Gasteiger partial charge in [0.25, 0.3) is 5.91 Å². The van der Waals surface area contributed by atoms with E-state index in [4.69, 9.17) is 16.3 Å². The van der Waals surface area contributed by atoms with Gasteiger partial charge in [-0.2, -0.15) is 0 Å². The van der Waals surface area contributed by atoms with E-state index in [-0.39, 0.29) is 23.4 Å². The Bertz CT molecular complexity index is 858. The highest BCUT2D eigenvalue weighted by atomic mass is 35.5. The first-order valence-corrected chi connectivity index (χ1v) is 9.61. The summed E-state index contributed by atoms with van der Waals surface area (Å²) in [6, 6.07) is 11.5. The molecular weight excluding hydrogens is 394 g/mol. The van der Waals surface area contributed by atoms with E-state index in [1.165, 1.54) is 13.1 Å². The smallest absolute Gasteiger partial charge is 0.329 e. The topological polar surface area (TPSA) is 97.4 Å². The van der Waals surface area contributed by atoms with Crippen LogP contribution < -0.4 is 10.6 Å². The Morgan fingerprint density at radius 1 is 1.07 bits per heavy atom. The zero-order valence-electron chi connectivity index (χ0n) is 16.5. The van der Waals surface area contributed by atoms with Crippen molar-refractivity contribution >= 4 is 35.1 Å². The van der Waals surface area contributed by atoms with Crippen LogP contribution in [0.15, 0.2) is 48.7 Å². The van der Waals surface area contributed by atoms with Crippen molar-refractivity contribution in [2.45, 2.75) is 39.3 Å². The maximum absolute atomic E-state index is 12.6. The van der Waals surface area contributed by atoms with Crippen LogP contribution in [0.1, 0.15) is 26.3 Å². The Kier molecular flexibility index (Phi) is 8.15. The zero-order chi connectivity index (χ0) is 21.4. The number of pyridine rings is 1. The third-order valence-corrected chi connectivity index (χ3v) is 4.42. The second-order valence-corrected chi connectivity index (χ2v) is 7.22. The molecule has 2 amide bonds. The number of carbonyl (C=O) groups excluding carboxylic acids is 3. The van der Waals surface area contributed by atoms with E-state index in [9.17, 15) is 14.4 Å². The number of rotatable bonds is 8. The molecule has 1 heterocycles. The van der Waals surface area contributed by atoms with E-state index < -0.39 is 24.0 Å². The molecule has 0 fully saturated rings. The van der Waals surface area contributed by atoms with Gasteiger partial charge in [-0.3, -0.25) is 9.59 Å². The highest BCUT2D eigenvalue weighted by molar-refractivity contribution is 6.32. The molecule has 7 nitrogen and oxygen atoms in total. The molecule has 0 radical (unpaired) electrons. The van der Waals surface area contributed by atoms with Crippen LogP contribution in [0.2, 0.25) is 5.15 Å². The summed E-state index contributed by atoms with van der Waals surface area (Å²) in [5, 5.41) is 5.38. The summed E-state index contributed by atoms with van der Waals surface area (Å²) in [4.78, 5) is 41.0. The molecule has 1 aromatic carbocycles. The maximum atomic E-state index is 12.6. The van der Waals surface area contributed by atoms with Crippen molar-refractivity contribution in [1.29, 1.82) is 0 Å². The minimum atomic E-state index is -1.08. The van der Waals surface area contributed by atoms with Gasteiger partial charge in [-0.15, -0.1) is 0 Å². The molecule has 29 heavy (non-hydrogen) atoms. The summed E-state index contributed by atoms with van der Waals surface area (Å²) in [7, 11) is 0. The Labute approximate surface area is 174 Å². The fourth-order valence-corrected chi connectivity index (χ4v) is 2.68. The van der Waals surface area contributed by atoms with Crippen LogP contribution in [0.4, 0.5) is 5.69 Å². The number of nitrogens with one attached hydrogen (secondary N) is 2. The molecule has 154 valence electrons. The number of aromatic nitrogens is 1. The Balaban J connectivity index is 1.94. The molecule has 0 saturated carbocycles.